The number of halogens is 1. The molecule has 4 heteroatoms. The largest absolute Gasteiger partial charge is 0.345 e. The lowest BCUT2D eigenvalue weighted by atomic mass is 10.1. The summed E-state index contributed by atoms with van der Waals surface area (Å²) in [6.45, 7) is 0.319. The zero-order valence-electron chi connectivity index (χ0n) is 9.61. The van der Waals surface area contributed by atoms with E-state index in [9.17, 15) is 9.18 Å². The monoisotopic (exact) mass is 224 g/mol. The lowest BCUT2D eigenvalue weighted by Gasteiger charge is -2.11. The molecule has 0 spiro atoms. The van der Waals surface area contributed by atoms with Gasteiger partial charge in [-0.15, -0.1) is 0 Å². The Hall–Kier alpha value is -1.42. The molecule has 0 aliphatic heterocycles. The van der Waals surface area contributed by atoms with Crippen molar-refractivity contribution in [3.8, 4) is 0 Å². The minimum absolute atomic E-state index is 0.0826. The van der Waals surface area contributed by atoms with Crippen LogP contribution in [0.3, 0.4) is 0 Å². The number of hydrogen-bond acceptors (Lipinski definition) is 2. The molecule has 1 rings (SSSR count). The van der Waals surface area contributed by atoms with Gasteiger partial charge in [0.2, 0.25) is 0 Å². The van der Waals surface area contributed by atoms with Crippen molar-refractivity contribution < 1.29 is 9.18 Å². The number of benzene rings is 1. The smallest absolute Gasteiger partial charge is 0.253 e. The van der Waals surface area contributed by atoms with Gasteiger partial charge in [0.15, 0.2) is 0 Å². The zero-order valence-corrected chi connectivity index (χ0v) is 9.61. The summed E-state index contributed by atoms with van der Waals surface area (Å²) in [7, 11) is 3.37. The number of rotatable bonds is 4. The van der Waals surface area contributed by atoms with E-state index >= 15 is 0 Å². The van der Waals surface area contributed by atoms with Crippen molar-refractivity contribution >= 4 is 5.91 Å². The van der Waals surface area contributed by atoms with Gasteiger partial charge in [-0.3, -0.25) is 4.79 Å². The summed E-state index contributed by atoms with van der Waals surface area (Å²) < 4.78 is 13.5. The van der Waals surface area contributed by atoms with Gasteiger partial charge in [-0.2, -0.15) is 0 Å². The second-order valence-corrected chi connectivity index (χ2v) is 3.87. The van der Waals surface area contributed by atoms with Gasteiger partial charge in [0.1, 0.15) is 6.17 Å². The van der Waals surface area contributed by atoms with Crippen LogP contribution in [-0.2, 0) is 0 Å². The van der Waals surface area contributed by atoms with Crippen LogP contribution >= 0.6 is 0 Å². The highest BCUT2D eigenvalue weighted by Gasteiger charge is 2.11. The number of carbonyl (C=O) groups excluding carboxylic acids is 1. The van der Waals surface area contributed by atoms with Crippen LogP contribution in [0.25, 0.3) is 0 Å². The van der Waals surface area contributed by atoms with Gasteiger partial charge in [-0.1, -0.05) is 12.1 Å². The molecular formula is C12H17FN2O. The maximum atomic E-state index is 13.5. The van der Waals surface area contributed by atoms with Gasteiger partial charge >= 0.3 is 0 Å². The van der Waals surface area contributed by atoms with Gasteiger partial charge in [0.25, 0.3) is 5.91 Å². The van der Waals surface area contributed by atoms with Gasteiger partial charge < -0.3 is 10.6 Å². The molecule has 2 N–H and O–H groups in total. The SMILES string of the molecule is CN(C)C(=O)c1ccc(C(F)CCN)cc1. The van der Waals surface area contributed by atoms with E-state index in [1.54, 1.807) is 38.4 Å². The van der Waals surface area contributed by atoms with E-state index in [2.05, 4.69) is 0 Å². The molecule has 0 fully saturated rings. The quantitative estimate of drug-likeness (QED) is 0.846. The van der Waals surface area contributed by atoms with Crippen LogP contribution in [0.2, 0.25) is 0 Å². The second-order valence-electron chi connectivity index (χ2n) is 3.87. The Balaban J connectivity index is 2.79. The molecule has 0 radical (unpaired) electrons. The first-order valence-electron chi connectivity index (χ1n) is 5.22. The Morgan fingerprint density at radius 2 is 1.94 bits per heavy atom. The molecule has 88 valence electrons. The van der Waals surface area contributed by atoms with E-state index in [4.69, 9.17) is 5.73 Å². The number of alkyl halides is 1. The molecule has 3 nitrogen and oxygen atoms in total. The van der Waals surface area contributed by atoms with Crippen molar-refractivity contribution in [3.63, 3.8) is 0 Å². The van der Waals surface area contributed by atoms with E-state index in [1.807, 2.05) is 0 Å². The fourth-order valence-corrected chi connectivity index (χ4v) is 1.41. The van der Waals surface area contributed by atoms with Gasteiger partial charge in [-0.05, 0) is 30.7 Å². The molecule has 1 aromatic rings. The molecule has 1 atom stereocenters. The summed E-state index contributed by atoms with van der Waals surface area (Å²) in [5.41, 5.74) is 6.42. The molecule has 1 aromatic carbocycles. The van der Waals surface area contributed by atoms with Crippen LogP contribution < -0.4 is 5.73 Å². The molecule has 1 amide bonds. The average molecular weight is 224 g/mol. The molecule has 0 heterocycles. The Bertz CT molecular complexity index is 349. The summed E-state index contributed by atoms with van der Waals surface area (Å²) in [4.78, 5) is 13.1. The van der Waals surface area contributed by atoms with Crippen LogP contribution in [0.4, 0.5) is 4.39 Å². The molecule has 16 heavy (non-hydrogen) atoms. The minimum atomic E-state index is -1.05. The Morgan fingerprint density at radius 3 is 2.38 bits per heavy atom. The van der Waals surface area contributed by atoms with Crippen LogP contribution in [0.15, 0.2) is 24.3 Å². The maximum Gasteiger partial charge on any atom is 0.253 e. The molecule has 0 bridgehead atoms. The van der Waals surface area contributed by atoms with Crippen LogP contribution in [0.5, 0.6) is 0 Å². The molecule has 1 unspecified atom stereocenters. The van der Waals surface area contributed by atoms with Crippen molar-refractivity contribution in [2.24, 2.45) is 5.73 Å². The third-order valence-electron chi connectivity index (χ3n) is 2.35. The standard InChI is InChI=1S/C12H17FN2O/c1-15(2)12(16)10-5-3-9(4-6-10)11(13)7-8-14/h3-6,11H,7-8,14H2,1-2H3. The van der Waals surface area contributed by atoms with Crippen molar-refractivity contribution in [2.75, 3.05) is 20.6 Å². The lowest BCUT2D eigenvalue weighted by Crippen LogP contribution is -2.21. The summed E-state index contributed by atoms with van der Waals surface area (Å²) in [5.74, 6) is -0.0826. The van der Waals surface area contributed by atoms with E-state index in [0.717, 1.165) is 0 Å². The van der Waals surface area contributed by atoms with Crippen LogP contribution in [0, 0.1) is 0 Å². The number of hydrogen-bond donors (Lipinski definition) is 1. The fraction of sp³-hybridized carbons (Fsp3) is 0.417. The third kappa shape index (κ3) is 3.03. The number of carbonyl (C=O) groups is 1. The second kappa shape index (κ2) is 5.61. The van der Waals surface area contributed by atoms with Crippen molar-refractivity contribution in [3.05, 3.63) is 35.4 Å². The predicted molar refractivity (Wildman–Crippen MR) is 62.0 cm³/mol. The Labute approximate surface area is 95.0 Å². The van der Waals surface area contributed by atoms with Crippen LogP contribution in [-0.4, -0.2) is 31.4 Å². The van der Waals surface area contributed by atoms with Crippen molar-refractivity contribution in [1.82, 2.24) is 4.90 Å². The third-order valence-corrected chi connectivity index (χ3v) is 2.35. The first-order chi connectivity index (χ1) is 7.56. The molecule has 0 aliphatic carbocycles. The van der Waals surface area contributed by atoms with Crippen LogP contribution in [0.1, 0.15) is 28.5 Å². The summed E-state index contributed by atoms with van der Waals surface area (Å²) in [6, 6.07) is 6.55. The van der Waals surface area contributed by atoms with E-state index < -0.39 is 6.17 Å². The highest BCUT2D eigenvalue weighted by molar-refractivity contribution is 5.93. The Morgan fingerprint density at radius 1 is 1.38 bits per heavy atom. The summed E-state index contributed by atoms with van der Waals surface area (Å²) >= 11 is 0. The van der Waals surface area contributed by atoms with Gasteiger partial charge in [0.05, 0.1) is 0 Å². The minimum Gasteiger partial charge on any atom is -0.345 e. The zero-order chi connectivity index (χ0) is 12.1. The topological polar surface area (TPSA) is 46.3 Å². The molecule has 0 aliphatic rings. The van der Waals surface area contributed by atoms with E-state index in [1.165, 1.54) is 4.90 Å². The molecule has 0 saturated carbocycles. The average Bonchev–Trinajstić information content (AvgIpc) is 2.28. The van der Waals surface area contributed by atoms with Gasteiger partial charge in [-0.25, -0.2) is 4.39 Å². The highest BCUT2D eigenvalue weighted by Crippen LogP contribution is 2.20. The summed E-state index contributed by atoms with van der Waals surface area (Å²) in [5, 5.41) is 0. The normalized spacial score (nSPS) is 12.2. The highest BCUT2D eigenvalue weighted by atomic mass is 19.1. The number of nitrogens with zero attached hydrogens (tertiary/aromatic N) is 1. The molecule has 0 aromatic heterocycles. The molecular weight excluding hydrogens is 207 g/mol. The predicted octanol–water partition coefficient (Wildman–Crippen LogP) is 1.75. The van der Waals surface area contributed by atoms with Crippen molar-refractivity contribution in [2.45, 2.75) is 12.6 Å². The summed E-state index contributed by atoms with van der Waals surface area (Å²) in [6.07, 6.45) is -0.741. The Kier molecular flexibility index (Phi) is 4.43. The lowest BCUT2D eigenvalue weighted by molar-refractivity contribution is 0.0827. The van der Waals surface area contributed by atoms with Crippen molar-refractivity contribution in [1.29, 1.82) is 0 Å². The number of amides is 1. The van der Waals surface area contributed by atoms with E-state index in [0.29, 0.717) is 24.1 Å². The fourth-order valence-electron chi connectivity index (χ4n) is 1.41. The molecule has 0 saturated heterocycles. The number of nitrogens with two attached hydrogens (primary N) is 1. The van der Waals surface area contributed by atoms with Gasteiger partial charge in [0, 0.05) is 19.7 Å². The van der Waals surface area contributed by atoms with E-state index in [-0.39, 0.29) is 5.91 Å². The maximum absolute atomic E-state index is 13.5. The first-order valence-corrected chi connectivity index (χ1v) is 5.22. The first kappa shape index (κ1) is 12.6.